The Labute approximate surface area is 106 Å². The van der Waals surface area contributed by atoms with Crippen molar-refractivity contribution < 1.29 is 14.4 Å². The molecule has 1 amide bonds. The van der Waals surface area contributed by atoms with Crippen LogP contribution in [-0.2, 0) is 9.63 Å². The van der Waals surface area contributed by atoms with Crippen LogP contribution in [-0.4, -0.2) is 31.2 Å². The molecule has 0 aromatic heterocycles. The third-order valence-corrected chi connectivity index (χ3v) is 2.80. The minimum Gasteiger partial charge on any atom is -0.481 e. The summed E-state index contributed by atoms with van der Waals surface area (Å²) >= 11 is 5.90. The molecule has 0 radical (unpaired) electrons. The van der Waals surface area contributed by atoms with Crippen LogP contribution in [0.3, 0.4) is 0 Å². The fourth-order valence-electron chi connectivity index (χ4n) is 1.29. The van der Waals surface area contributed by atoms with Gasteiger partial charge in [0.25, 0.3) is 5.91 Å². The summed E-state index contributed by atoms with van der Waals surface area (Å²) in [6.07, 6.45) is -0.611. The molecule has 5 heteroatoms. The first kappa shape index (κ1) is 13.8. The van der Waals surface area contributed by atoms with E-state index in [9.17, 15) is 4.79 Å². The maximum Gasteiger partial charge on any atom is 0.286 e. The first-order chi connectivity index (χ1) is 7.95. The van der Waals surface area contributed by atoms with Crippen molar-refractivity contribution in [2.75, 3.05) is 14.2 Å². The van der Waals surface area contributed by atoms with Crippen molar-refractivity contribution in [3.63, 3.8) is 0 Å². The Kier molecular flexibility index (Phi) is 4.78. The predicted octanol–water partition coefficient (Wildman–Crippen LogP) is 2.44. The van der Waals surface area contributed by atoms with E-state index in [-0.39, 0.29) is 5.91 Å². The summed E-state index contributed by atoms with van der Waals surface area (Å²) in [5.74, 6) is 0.359. The van der Waals surface area contributed by atoms with Gasteiger partial charge in [-0.05, 0) is 37.6 Å². The van der Waals surface area contributed by atoms with E-state index in [1.54, 1.807) is 25.1 Å². The quantitative estimate of drug-likeness (QED) is 0.778. The van der Waals surface area contributed by atoms with Gasteiger partial charge in [-0.25, -0.2) is 5.06 Å². The lowest BCUT2D eigenvalue weighted by molar-refractivity contribution is -0.175. The Balaban J connectivity index is 2.71. The van der Waals surface area contributed by atoms with Crippen LogP contribution in [0.4, 0.5) is 0 Å². The zero-order chi connectivity index (χ0) is 13.0. The first-order valence-corrected chi connectivity index (χ1v) is 5.58. The molecule has 17 heavy (non-hydrogen) atoms. The monoisotopic (exact) mass is 257 g/mol. The number of rotatable bonds is 4. The fraction of sp³-hybridized carbons (Fsp3) is 0.417. The molecule has 0 fully saturated rings. The number of benzene rings is 1. The highest BCUT2D eigenvalue weighted by Gasteiger charge is 2.19. The van der Waals surface area contributed by atoms with E-state index in [0.717, 1.165) is 10.6 Å². The Bertz CT molecular complexity index is 409. The normalized spacial score (nSPS) is 12.1. The fourth-order valence-corrected chi connectivity index (χ4v) is 1.41. The number of carbonyl (C=O) groups is 1. The van der Waals surface area contributed by atoms with Gasteiger partial charge in [0, 0.05) is 12.1 Å². The summed E-state index contributed by atoms with van der Waals surface area (Å²) in [5.41, 5.74) is 0.906. The molecule has 0 aliphatic rings. The summed E-state index contributed by atoms with van der Waals surface area (Å²) in [7, 11) is 2.96. The highest BCUT2D eigenvalue weighted by Crippen LogP contribution is 2.22. The third-order valence-electron chi connectivity index (χ3n) is 2.37. The molecule has 1 unspecified atom stereocenters. The van der Waals surface area contributed by atoms with Crippen molar-refractivity contribution in [3.8, 4) is 5.75 Å². The average Bonchev–Trinajstić information content (AvgIpc) is 2.31. The van der Waals surface area contributed by atoms with Gasteiger partial charge in [0.05, 0.1) is 7.11 Å². The Morgan fingerprint density at radius 3 is 2.65 bits per heavy atom. The number of amides is 1. The van der Waals surface area contributed by atoms with Gasteiger partial charge in [-0.15, -0.1) is 0 Å². The molecule has 0 heterocycles. The predicted molar refractivity (Wildman–Crippen MR) is 66.1 cm³/mol. The number of hydroxylamine groups is 2. The molecule has 0 N–H and O–H groups in total. The molecule has 4 nitrogen and oxygen atoms in total. The van der Waals surface area contributed by atoms with E-state index in [2.05, 4.69) is 0 Å². The molecular formula is C12H16ClNO3. The van der Waals surface area contributed by atoms with Crippen LogP contribution < -0.4 is 4.74 Å². The maximum atomic E-state index is 11.7. The van der Waals surface area contributed by atoms with E-state index in [1.807, 2.05) is 6.92 Å². The lowest BCUT2D eigenvalue weighted by atomic mass is 10.2. The number of hydrogen-bond donors (Lipinski definition) is 0. The molecule has 1 aromatic carbocycles. The highest BCUT2D eigenvalue weighted by atomic mass is 35.5. The van der Waals surface area contributed by atoms with Crippen molar-refractivity contribution in [1.29, 1.82) is 0 Å². The van der Waals surface area contributed by atoms with Crippen LogP contribution in [0.1, 0.15) is 12.5 Å². The molecule has 0 aliphatic heterocycles. The molecule has 0 spiro atoms. The second-order valence-corrected chi connectivity index (χ2v) is 4.10. The van der Waals surface area contributed by atoms with Gasteiger partial charge < -0.3 is 4.74 Å². The Morgan fingerprint density at radius 2 is 2.12 bits per heavy atom. The van der Waals surface area contributed by atoms with Gasteiger partial charge in [-0.1, -0.05) is 11.6 Å². The van der Waals surface area contributed by atoms with Crippen molar-refractivity contribution in [1.82, 2.24) is 5.06 Å². The lowest BCUT2D eigenvalue weighted by Gasteiger charge is -2.20. The molecule has 0 saturated carbocycles. The van der Waals surface area contributed by atoms with Gasteiger partial charge in [-0.3, -0.25) is 9.63 Å². The van der Waals surface area contributed by atoms with Gasteiger partial charge in [0.15, 0.2) is 6.10 Å². The summed E-state index contributed by atoms with van der Waals surface area (Å²) < 4.78 is 5.51. The van der Waals surface area contributed by atoms with Crippen LogP contribution >= 0.6 is 11.6 Å². The first-order valence-electron chi connectivity index (χ1n) is 5.20. The summed E-state index contributed by atoms with van der Waals surface area (Å²) in [6.45, 7) is 3.55. The minimum atomic E-state index is -0.611. The van der Waals surface area contributed by atoms with Gasteiger partial charge >= 0.3 is 0 Å². The van der Waals surface area contributed by atoms with Crippen LogP contribution in [0.15, 0.2) is 18.2 Å². The summed E-state index contributed by atoms with van der Waals surface area (Å²) in [6, 6.07) is 5.26. The summed E-state index contributed by atoms with van der Waals surface area (Å²) in [5, 5.41) is 1.80. The third kappa shape index (κ3) is 3.61. The van der Waals surface area contributed by atoms with Crippen LogP contribution in [0.5, 0.6) is 5.75 Å². The van der Waals surface area contributed by atoms with Gasteiger partial charge in [0.1, 0.15) is 5.75 Å². The summed E-state index contributed by atoms with van der Waals surface area (Å²) in [4.78, 5) is 16.5. The zero-order valence-corrected chi connectivity index (χ0v) is 11.1. The number of aryl methyl sites for hydroxylation is 1. The van der Waals surface area contributed by atoms with Crippen molar-refractivity contribution in [2.45, 2.75) is 20.0 Å². The topological polar surface area (TPSA) is 38.8 Å². The highest BCUT2D eigenvalue weighted by molar-refractivity contribution is 6.31. The van der Waals surface area contributed by atoms with Crippen molar-refractivity contribution >= 4 is 17.5 Å². The molecule has 1 rings (SSSR count). The maximum absolute atomic E-state index is 11.7. The van der Waals surface area contributed by atoms with E-state index < -0.39 is 6.10 Å². The number of likely N-dealkylation sites (N-methyl/N-ethyl adjacent to an activating group) is 1. The van der Waals surface area contributed by atoms with E-state index in [4.69, 9.17) is 21.2 Å². The molecule has 1 aromatic rings. The molecule has 1 atom stereocenters. The van der Waals surface area contributed by atoms with Crippen LogP contribution in [0, 0.1) is 6.92 Å². The molecule has 94 valence electrons. The zero-order valence-electron chi connectivity index (χ0n) is 10.4. The SMILES string of the molecule is CON(C)C(=O)C(C)Oc1ccc(Cl)c(C)c1. The Morgan fingerprint density at radius 1 is 1.47 bits per heavy atom. The average molecular weight is 258 g/mol. The molecule has 0 aliphatic carbocycles. The van der Waals surface area contributed by atoms with Crippen LogP contribution in [0.25, 0.3) is 0 Å². The molecule has 0 saturated heterocycles. The number of ether oxygens (including phenoxy) is 1. The van der Waals surface area contributed by atoms with Crippen molar-refractivity contribution in [2.24, 2.45) is 0 Å². The second-order valence-electron chi connectivity index (χ2n) is 3.69. The van der Waals surface area contributed by atoms with Gasteiger partial charge in [-0.2, -0.15) is 0 Å². The van der Waals surface area contributed by atoms with Gasteiger partial charge in [0.2, 0.25) is 0 Å². The number of carbonyl (C=O) groups excluding carboxylic acids is 1. The standard InChI is InChI=1S/C12H16ClNO3/c1-8-7-10(5-6-11(8)13)17-9(2)12(15)14(3)16-4/h5-7,9H,1-4H3. The molecular weight excluding hydrogens is 242 g/mol. The van der Waals surface area contributed by atoms with E-state index >= 15 is 0 Å². The van der Waals surface area contributed by atoms with Crippen LogP contribution in [0.2, 0.25) is 5.02 Å². The van der Waals surface area contributed by atoms with E-state index in [0.29, 0.717) is 10.8 Å². The van der Waals surface area contributed by atoms with Crippen molar-refractivity contribution in [3.05, 3.63) is 28.8 Å². The molecule has 0 bridgehead atoms. The second kappa shape index (κ2) is 5.89. The smallest absolute Gasteiger partial charge is 0.286 e. The number of hydrogen-bond acceptors (Lipinski definition) is 3. The number of nitrogens with zero attached hydrogens (tertiary/aromatic N) is 1. The largest absolute Gasteiger partial charge is 0.481 e. The Hall–Kier alpha value is -1.26. The number of halogens is 1. The minimum absolute atomic E-state index is 0.250. The lowest BCUT2D eigenvalue weighted by Crippen LogP contribution is -2.37. The van der Waals surface area contributed by atoms with E-state index in [1.165, 1.54) is 14.2 Å².